The number of rotatable bonds is 2. The Morgan fingerprint density at radius 3 is 2.50 bits per heavy atom. The fourth-order valence-corrected chi connectivity index (χ4v) is 2.13. The summed E-state index contributed by atoms with van der Waals surface area (Å²) in [4.78, 5) is 8.82. The first-order valence-electron chi connectivity index (χ1n) is 6.19. The van der Waals surface area contributed by atoms with Gasteiger partial charge in [-0.15, -0.1) is 0 Å². The summed E-state index contributed by atoms with van der Waals surface area (Å²) < 4.78 is 0. The van der Waals surface area contributed by atoms with Crippen LogP contribution in [0.4, 0.5) is 17.3 Å². The number of aryl methyl sites for hydroxylation is 1. The maximum Gasteiger partial charge on any atom is 0.174 e. The zero-order chi connectivity index (χ0) is 14.1. The number of halogens is 1. The summed E-state index contributed by atoms with van der Waals surface area (Å²) in [7, 11) is 0. The van der Waals surface area contributed by atoms with E-state index >= 15 is 0 Å². The number of para-hydroxylation sites is 2. The minimum atomic E-state index is 0.348. The monoisotopic (exact) mass is 284 g/mol. The highest BCUT2D eigenvalue weighted by molar-refractivity contribution is 6.33. The molecule has 0 spiro atoms. The third-order valence-electron chi connectivity index (χ3n) is 2.97. The van der Waals surface area contributed by atoms with Crippen LogP contribution in [0.2, 0.25) is 5.02 Å². The van der Waals surface area contributed by atoms with Gasteiger partial charge in [-0.25, -0.2) is 9.97 Å². The number of nitrogens with zero attached hydrogens (tertiary/aromatic N) is 2. The van der Waals surface area contributed by atoms with Gasteiger partial charge in [-0.3, -0.25) is 0 Å². The molecular weight excluding hydrogens is 272 g/mol. The van der Waals surface area contributed by atoms with Crippen LogP contribution in [0.5, 0.6) is 0 Å². The van der Waals surface area contributed by atoms with Crippen LogP contribution >= 0.6 is 11.6 Å². The number of hydrogen-bond donors (Lipinski definition) is 2. The van der Waals surface area contributed by atoms with Crippen molar-refractivity contribution in [1.82, 2.24) is 9.97 Å². The fourth-order valence-electron chi connectivity index (χ4n) is 1.97. The molecule has 3 aromatic rings. The fraction of sp³-hybridized carbons (Fsp3) is 0.0667. The van der Waals surface area contributed by atoms with E-state index in [0.29, 0.717) is 16.7 Å². The molecule has 1 aromatic heterocycles. The van der Waals surface area contributed by atoms with Crippen molar-refractivity contribution in [2.45, 2.75) is 6.92 Å². The lowest BCUT2D eigenvalue weighted by Crippen LogP contribution is -2.02. The molecule has 0 saturated heterocycles. The molecule has 0 radical (unpaired) electrons. The standard InChI is InChI=1S/C15H13ClN4/c1-9-6-7-10(16)13(8-9)20-15-14(17)18-11-4-2-3-5-12(11)19-15/h2-8H,1H3,(H2,17,18)(H,19,20). The lowest BCUT2D eigenvalue weighted by Gasteiger charge is -2.11. The molecule has 0 aliphatic carbocycles. The number of benzene rings is 2. The van der Waals surface area contributed by atoms with Gasteiger partial charge in [-0.1, -0.05) is 29.8 Å². The molecule has 0 atom stereocenters. The summed E-state index contributed by atoms with van der Waals surface area (Å²) in [5.41, 5.74) is 9.37. The molecule has 100 valence electrons. The van der Waals surface area contributed by atoms with Gasteiger partial charge in [0.15, 0.2) is 11.6 Å². The topological polar surface area (TPSA) is 63.8 Å². The summed E-state index contributed by atoms with van der Waals surface area (Å²) in [5.74, 6) is 0.859. The molecule has 0 saturated carbocycles. The van der Waals surface area contributed by atoms with E-state index in [2.05, 4.69) is 15.3 Å². The molecule has 20 heavy (non-hydrogen) atoms. The molecule has 3 N–H and O–H groups in total. The molecule has 0 bridgehead atoms. The van der Waals surface area contributed by atoms with Crippen LogP contribution in [0.3, 0.4) is 0 Å². The number of nitrogens with two attached hydrogens (primary N) is 1. The number of anilines is 3. The highest BCUT2D eigenvalue weighted by Crippen LogP contribution is 2.28. The third-order valence-corrected chi connectivity index (χ3v) is 3.30. The molecule has 0 unspecified atom stereocenters. The second-order valence-corrected chi connectivity index (χ2v) is 4.96. The van der Waals surface area contributed by atoms with E-state index in [1.165, 1.54) is 0 Å². The van der Waals surface area contributed by atoms with Crippen molar-refractivity contribution in [3.05, 3.63) is 53.1 Å². The highest BCUT2D eigenvalue weighted by Gasteiger charge is 2.08. The van der Waals surface area contributed by atoms with Gasteiger partial charge < -0.3 is 11.1 Å². The summed E-state index contributed by atoms with van der Waals surface area (Å²) in [6, 6.07) is 13.3. The van der Waals surface area contributed by atoms with Gasteiger partial charge in [-0.2, -0.15) is 0 Å². The summed E-state index contributed by atoms with van der Waals surface area (Å²) in [6.45, 7) is 2.00. The Hall–Kier alpha value is -2.33. The molecule has 0 aliphatic rings. The maximum atomic E-state index is 6.17. The highest BCUT2D eigenvalue weighted by atomic mass is 35.5. The van der Waals surface area contributed by atoms with Crippen LogP contribution in [0.1, 0.15) is 5.56 Å². The van der Waals surface area contributed by atoms with Gasteiger partial charge in [-0.05, 0) is 36.8 Å². The van der Waals surface area contributed by atoms with E-state index in [9.17, 15) is 0 Å². The zero-order valence-corrected chi connectivity index (χ0v) is 11.6. The van der Waals surface area contributed by atoms with Crippen molar-refractivity contribution in [2.75, 3.05) is 11.1 Å². The van der Waals surface area contributed by atoms with Crippen LogP contribution in [0.15, 0.2) is 42.5 Å². The van der Waals surface area contributed by atoms with Gasteiger partial charge in [0.1, 0.15) is 0 Å². The average molecular weight is 285 g/mol. The Morgan fingerprint density at radius 1 is 1.05 bits per heavy atom. The molecular formula is C15H13ClN4. The van der Waals surface area contributed by atoms with E-state index in [0.717, 1.165) is 22.3 Å². The Kier molecular flexibility index (Phi) is 3.16. The van der Waals surface area contributed by atoms with Crippen LogP contribution < -0.4 is 11.1 Å². The molecule has 0 aliphatic heterocycles. The van der Waals surface area contributed by atoms with Crippen molar-refractivity contribution in [3.63, 3.8) is 0 Å². The van der Waals surface area contributed by atoms with Crippen molar-refractivity contribution < 1.29 is 0 Å². The number of hydrogen-bond acceptors (Lipinski definition) is 4. The number of nitrogen functional groups attached to an aromatic ring is 1. The van der Waals surface area contributed by atoms with Gasteiger partial charge in [0.2, 0.25) is 0 Å². The summed E-state index contributed by atoms with van der Waals surface area (Å²) in [5, 5.41) is 3.76. The predicted octanol–water partition coefficient (Wildman–Crippen LogP) is 3.92. The second kappa shape index (κ2) is 4.98. The van der Waals surface area contributed by atoms with Gasteiger partial charge >= 0.3 is 0 Å². The van der Waals surface area contributed by atoms with E-state index in [1.807, 2.05) is 49.4 Å². The van der Waals surface area contributed by atoms with Crippen molar-refractivity contribution in [2.24, 2.45) is 0 Å². The van der Waals surface area contributed by atoms with Gasteiger partial charge in [0.05, 0.1) is 21.7 Å². The maximum absolute atomic E-state index is 6.17. The predicted molar refractivity (Wildman–Crippen MR) is 83.4 cm³/mol. The first-order valence-corrected chi connectivity index (χ1v) is 6.57. The lowest BCUT2D eigenvalue weighted by atomic mass is 10.2. The third kappa shape index (κ3) is 2.38. The van der Waals surface area contributed by atoms with E-state index in [1.54, 1.807) is 0 Å². The normalized spacial score (nSPS) is 10.7. The van der Waals surface area contributed by atoms with Crippen molar-refractivity contribution in [1.29, 1.82) is 0 Å². The Morgan fingerprint density at radius 2 is 1.75 bits per heavy atom. The quantitative estimate of drug-likeness (QED) is 0.749. The first-order chi connectivity index (χ1) is 9.63. The first kappa shape index (κ1) is 12.7. The Bertz CT molecular complexity index is 786. The minimum absolute atomic E-state index is 0.348. The second-order valence-electron chi connectivity index (χ2n) is 4.55. The number of nitrogens with one attached hydrogen (secondary N) is 1. The molecule has 3 rings (SSSR count). The van der Waals surface area contributed by atoms with Gasteiger partial charge in [0, 0.05) is 0 Å². The molecule has 0 amide bonds. The molecule has 2 aromatic carbocycles. The van der Waals surface area contributed by atoms with E-state index < -0.39 is 0 Å². The van der Waals surface area contributed by atoms with Crippen LogP contribution in [0, 0.1) is 6.92 Å². The lowest BCUT2D eigenvalue weighted by molar-refractivity contribution is 1.28. The molecule has 0 fully saturated rings. The van der Waals surface area contributed by atoms with Crippen LogP contribution in [-0.4, -0.2) is 9.97 Å². The number of aromatic nitrogens is 2. The van der Waals surface area contributed by atoms with E-state index in [-0.39, 0.29) is 0 Å². The minimum Gasteiger partial charge on any atom is -0.381 e. The summed E-state index contributed by atoms with van der Waals surface area (Å²) >= 11 is 6.17. The van der Waals surface area contributed by atoms with Crippen molar-refractivity contribution >= 4 is 40.0 Å². The van der Waals surface area contributed by atoms with Crippen molar-refractivity contribution in [3.8, 4) is 0 Å². The molecule has 1 heterocycles. The zero-order valence-electron chi connectivity index (χ0n) is 10.9. The largest absolute Gasteiger partial charge is 0.381 e. The van der Waals surface area contributed by atoms with E-state index in [4.69, 9.17) is 17.3 Å². The summed E-state index contributed by atoms with van der Waals surface area (Å²) in [6.07, 6.45) is 0. The molecule has 4 nitrogen and oxygen atoms in total. The number of fused-ring (bicyclic) bond motifs is 1. The average Bonchev–Trinajstić information content (AvgIpc) is 2.43. The SMILES string of the molecule is Cc1ccc(Cl)c(Nc2nc3ccccc3nc2N)c1. The van der Waals surface area contributed by atoms with Crippen LogP contribution in [-0.2, 0) is 0 Å². The molecule has 5 heteroatoms. The Balaban J connectivity index is 2.06. The van der Waals surface area contributed by atoms with Gasteiger partial charge in [0.25, 0.3) is 0 Å². The van der Waals surface area contributed by atoms with Crippen LogP contribution in [0.25, 0.3) is 11.0 Å². The Labute approximate surface area is 121 Å². The smallest absolute Gasteiger partial charge is 0.174 e.